The van der Waals surface area contributed by atoms with Gasteiger partial charge in [-0.1, -0.05) is 0 Å². The number of carbonyl (C=O) groups is 1. The second-order valence-corrected chi connectivity index (χ2v) is 3.95. The van der Waals surface area contributed by atoms with Gasteiger partial charge in [0.25, 0.3) is 6.43 Å². The first-order valence-electron chi connectivity index (χ1n) is 4.46. The van der Waals surface area contributed by atoms with Crippen LogP contribution >= 0.6 is 15.9 Å². The molecule has 0 spiro atoms. The van der Waals surface area contributed by atoms with Gasteiger partial charge >= 0.3 is 5.97 Å². The number of carbonyl (C=O) groups excluding carboxylic acids is 1. The predicted octanol–water partition coefficient (Wildman–Crippen LogP) is 2.81. The third kappa shape index (κ3) is 2.75. The summed E-state index contributed by atoms with van der Waals surface area (Å²) in [5, 5.41) is 0. The molecule has 0 bridgehead atoms. The first-order chi connectivity index (χ1) is 7.47. The van der Waals surface area contributed by atoms with Crippen molar-refractivity contribution in [3.63, 3.8) is 0 Å². The van der Waals surface area contributed by atoms with E-state index in [0.29, 0.717) is 11.3 Å². The number of nitrogens with zero attached hydrogens (tertiary/aromatic N) is 1. The molecule has 0 N–H and O–H groups in total. The van der Waals surface area contributed by atoms with Crippen LogP contribution in [0.3, 0.4) is 0 Å². The molecule has 1 heterocycles. The first-order valence-corrected chi connectivity index (χ1v) is 5.25. The summed E-state index contributed by atoms with van der Waals surface area (Å²) in [6.07, 6.45) is -1.54. The van der Waals surface area contributed by atoms with E-state index >= 15 is 0 Å². The summed E-state index contributed by atoms with van der Waals surface area (Å²) in [7, 11) is 1.26. The fourth-order valence-corrected chi connectivity index (χ4v) is 1.69. The fraction of sp³-hybridized carbons (Fsp3) is 0.400. The molecule has 88 valence electrons. The van der Waals surface area contributed by atoms with Crippen LogP contribution < -0.4 is 0 Å². The number of alkyl halides is 2. The summed E-state index contributed by atoms with van der Waals surface area (Å²) in [6, 6.07) is 0. The Bertz CT molecular complexity index is 410. The molecule has 0 amide bonds. The van der Waals surface area contributed by atoms with E-state index in [1.807, 2.05) is 0 Å². The van der Waals surface area contributed by atoms with Gasteiger partial charge in [0.1, 0.15) is 0 Å². The van der Waals surface area contributed by atoms with E-state index in [-0.39, 0.29) is 16.5 Å². The Labute approximate surface area is 99.9 Å². The van der Waals surface area contributed by atoms with Crippen molar-refractivity contribution in [3.8, 4) is 0 Å². The summed E-state index contributed by atoms with van der Waals surface area (Å²) < 4.78 is 29.8. The third-order valence-corrected chi connectivity index (χ3v) is 3.20. The average Bonchev–Trinajstić information content (AvgIpc) is 2.24. The third-order valence-electron chi connectivity index (χ3n) is 2.15. The van der Waals surface area contributed by atoms with Gasteiger partial charge in [-0.15, -0.1) is 0 Å². The van der Waals surface area contributed by atoms with Crippen molar-refractivity contribution in [1.29, 1.82) is 0 Å². The lowest BCUT2D eigenvalue weighted by Crippen LogP contribution is -2.09. The summed E-state index contributed by atoms with van der Waals surface area (Å²) in [4.78, 5) is 14.9. The zero-order chi connectivity index (χ0) is 12.3. The molecule has 0 aliphatic rings. The average molecular weight is 294 g/mol. The number of methoxy groups -OCH3 is 1. The molecule has 0 fully saturated rings. The Balaban J connectivity index is 3.07. The molecule has 0 aliphatic heterocycles. The molecular formula is C10H10BrF2NO2. The molecule has 0 atom stereocenters. The zero-order valence-corrected chi connectivity index (χ0v) is 10.3. The molecule has 0 saturated carbocycles. The number of hydrogen-bond donors (Lipinski definition) is 0. The molecular weight excluding hydrogens is 284 g/mol. The minimum atomic E-state index is -2.59. The normalized spacial score (nSPS) is 10.6. The molecule has 1 rings (SSSR count). The van der Waals surface area contributed by atoms with Crippen molar-refractivity contribution >= 4 is 21.9 Å². The van der Waals surface area contributed by atoms with E-state index in [4.69, 9.17) is 0 Å². The van der Waals surface area contributed by atoms with Crippen molar-refractivity contribution in [2.45, 2.75) is 19.8 Å². The molecule has 0 unspecified atom stereocenters. The quantitative estimate of drug-likeness (QED) is 0.805. The number of halogens is 3. The highest BCUT2D eigenvalue weighted by atomic mass is 79.9. The van der Waals surface area contributed by atoms with Crippen LogP contribution in [0, 0.1) is 6.92 Å². The maximum Gasteiger partial charge on any atom is 0.311 e. The summed E-state index contributed by atoms with van der Waals surface area (Å²) in [5.41, 5.74) is 0.789. The largest absolute Gasteiger partial charge is 0.469 e. The Kier molecular flexibility index (Phi) is 4.35. The van der Waals surface area contributed by atoms with Crippen LogP contribution in [-0.4, -0.2) is 18.1 Å². The van der Waals surface area contributed by atoms with Gasteiger partial charge in [0.05, 0.1) is 24.8 Å². The van der Waals surface area contributed by atoms with Crippen molar-refractivity contribution in [3.05, 3.63) is 27.5 Å². The standard InChI is InChI=1S/C10H10BrF2NO2/c1-5-7(3-8(15)16-2)14-4-6(9(5)11)10(12)13/h4,10H,3H2,1-2H3. The van der Waals surface area contributed by atoms with E-state index in [2.05, 4.69) is 25.7 Å². The molecule has 1 aromatic rings. The SMILES string of the molecule is COC(=O)Cc1ncc(C(F)F)c(Br)c1C. The highest BCUT2D eigenvalue weighted by Gasteiger charge is 2.17. The number of aromatic nitrogens is 1. The summed E-state index contributed by atoms with van der Waals surface area (Å²) >= 11 is 3.07. The number of rotatable bonds is 3. The number of hydrogen-bond acceptors (Lipinski definition) is 3. The monoisotopic (exact) mass is 293 g/mol. The molecule has 0 saturated heterocycles. The van der Waals surface area contributed by atoms with E-state index in [9.17, 15) is 13.6 Å². The van der Waals surface area contributed by atoms with Gasteiger partial charge in [0.15, 0.2) is 0 Å². The van der Waals surface area contributed by atoms with Gasteiger partial charge in [-0.25, -0.2) is 8.78 Å². The van der Waals surface area contributed by atoms with Crippen LogP contribution in [0.25, 0.3) is 0 Å². The second kappa shape index (κ2) is 5.34. The highest BCUT2D eigenvalue weighted by molar-refractivity contribution is 9.10. The van der Waals surface area contributed by atoms with Crippen molar-refractivity contribution in [2.75, 3.05) is 7.11 Å². The van der Waals surface area contributed by atoms with Crippen LogP contribution in [0.2, 0.25) is 0 Å². The molecule has 16 heavy (non-hydrogen) atoms. The van der Waals surface area contributed by atoms with Crippen molar-refractivity contribution in [1.82, 2.24) is 4.98 Å². The lowest BCUT2D eigenvalue weighted by Gasteiger charge is -2.09. The van der Waals surface area contributed by atoms with Crippen LogP contribution in [-0.2, 0) is 16.0 Å². The van der Waals surface area contributed by atoms with Crippen LogP contribution in [0.1, 0.15) is 23.2 Å². The predicted molar refractivity (Wildman–Crippen MR) is 57.4 cm³/mol. The van der Waals surface area contributed by atoms with Crippen LogP contribution in [0.5, 0.6) is 0 Å². The van der Waals surface area contributed by atoms with E-state index in [0.717, 1.165) is 6.20 Å². The topological polar surface area (TPSA) is 39.2 Å². The van der Waals surface area contributed by atoms with E-state index in [1.54, 1.807) is 6.92 Å². The Hall–Kier alpha value is -1.04. The highest BCUT2D eigenvalue weighted by Crippen LogP contribution is 2.30. The number of esters is 1. The Morgan fingerprint density at radius 3 is 2.75 bits per heavy atom. The Morgan fingerprint density at radius 1 is 1.62 bits per heavy atom. The van der Waals surface area contributed by atoms with E-state index in [1.165, 1.54) is 7.11 Å². The molecule has 0 aromatic carbocycles. The fourth-order valence-electron chi connectivity index (χ4n) is 1.18. The lowest BCUT2D eigenvalue weighted by atomic mass is 10.1. The van der Waals surface area contributed by atoms with Crippen LogP contribution in [0.15, 0.2) is 10.7 Å². The van der Waals surface area contributed by atoms with Gasteiger partial charge in [-0.3, -0.25) is 9.78 Å². The molecule has 3 nitrogen and oxygen atoms in total. The molecule has 6 heteroatoms. The molecule has 0 aliphatic carbocycles. The number of ether oxygens (including phenoxy) is 1. The second-order valence-electron chi connectivity index (χ2n) is 3.15. The maximum absolute atomic E-state index is 12.5. The minimum absolute atomic E-state index is 0.0234. The maximum atomic E-state index is 12.5. The van der Waals surface area contributed by atoms with Gasteiger partial charge in [0, 0.05) is 10.7 Å². The van der Waals surface area contributed by atoms with Gasteiger partial charge in [0.2, 0.25) is 0 Å². The lowest BCUT2D eigenvalue weighted by molar-refractivity contribution is -0.139. The first kappa shape index (κ1) is 13.0. The summed E-state index contributed by atoms with van der Waals surface area (Å²) in [6.45, 7) is 1.63. The molecule has 0 radical (unpaired) electrons. The van der Waals surface area contributed by atoms with Gasteiger partial charge in [-0.05, 0) is 28.4 Å². The Morgan fingerprint density at radius 2 is 2.25 bits per heavy atom. The van der Waals surface area contributed by atoms with Crippen molar-refractivity contribution < 1.29 is 18.3 Å². The zero-order valence-electron chi connectivity index (χ0n) is 8.76. The van der Waals surface area contributed by atoms with Crippen LogP contribution in [0.4, 0.5) is 8.78 Å². The number of pyridine rings is 1. The summed E-state index contributed by atoms with van der Waals surface area (Å²) in [5.74, 6) is -0.452. The molecule has 1 aromatic heterocycles. The smallest absolute Gasteiger partial charge is 0.311 e. The van der Waals surface area contributed by atoms with Crippen molar-refractivity contribution in [2.24, 2.45) is 0 Å². The van der Waals surface area contributed by atoms with Gasteiger partial charge < -0.3 is 4.74 Å². The minimum Gasteiger partial charge on any atom is -0.469 e. The van der Waals surface area contributed by atoms with E-state index < -0.39 is 12.4 Å². The van der Waals surface area contributed by atoms with Gasteiger partial charge in [-0.2, -0.15) is 0 Å².